The molecule has 1 unspecified atom stereocenters. The predicted octanol–water partition coefficient (Wildman–Crippen LogP) is 3.54. The third kappa shape index (κ3) is 3.54. The second-order valence-corrected chi connectivity index (χ2v) is 8.44. The Bertz CT molecular complexity index is 795. The number of carbonyl (C=O) groups is 1. The van der Waals surface area contributed by atoms with E-state index in [4.69, 9.17) is 0 Å². The van der Waals surface area contributed by atoms with Crippen LogP contribution in [-0.2, 0) is 27.1 Å². The zero-order valence-electron chi connectivity index (χ0n) is 14.2. The molecule has 0 bridgehead atoms. The van der Waals surface area contributed by atoms with Crippen LogP contribution in [0.3, 0.4) is 0 Å². The first-order valence-corrected chi connectivity index (χ1v) is 10.5. The summed E-state index contributed by atoms with van der Waals surface area (Å²) in [5.74, 6) is 2.37. The zero-order valence-corrected chi connectivity index (χ0v) is 15.1. The number of amides is 1. The van der Waals surface area contributed by atoms with Gasteiger partial charge in [0, 0.05) is 22.8 Å². The van der Waals surface area contributed by atoms with E-state index in [1.165, 1.54) is 25.7 Å². The van der Waals surface area contributed by atoms with E-state index in [1.807, 2.05) is 30.3 Å². The largest absolute Gasteiger partial charge is 0.310 e. The molecule has 6 heteroatoms. The molecule has 2 heterocycles. The summed E-state index contributed by atoms with van der Waals surface area (Å²) in [6, 6.07) is 9.79. The van der Waals surface area contributed by atoms with Crippen LogP contribution in [-0.4, -0.2) is 19.9 Å². The topological polar surface area (TPSA) is 64.0 Å². The van der Waals surface area contributed by atoms with Crippen LogP contribution in [0.4, 0.5) is 5.82 Å². The first-order chi connectivity index (χ1) is 12.2. The average Bonchev–Trinajstić information content (AvgIpc) is 3.32. The Morgan fingerprint density at radius 3 is 2.72 bits per heavy atom. The van der Waals surface area contributed by atoms with E-state index in [0.29, 0.717) is 29.7 Å². The quantitative estimate of drug-likeness (QED) is 0.890. The number of rotatable bonds is 5. The van der Waals surface area contributed by atoms with Crippen LogP contribution < -0.4 is 5.32 Å². The Morgan fingerprint density at radius 2 is 1.96 bits per heavy atom. The second kappa shape index (κ2) is 7.12. The van der Waals surface area contributed by atoms with Crippen molar-refractivity contribution in [3.8, 4) is 5.69 Å². The average molecular weight is 357 g/mol. The molecular weight excluding hydrogens is 334 g/mol. The van der Waals surface area contributed by atoms with Gasteiger partial charge in [-0.3, -0.25) is 9.00 Å². The molecule has 4 rings (SSSR count). The van der Waals surface area contributed by atoms with E-state index in [2.05, 4.69) is 10.4 Å². The third-order valence-corrected chi connectivity index (χ3v) is 6.39. The first kappa shape index (κ1) is 16.5. The number of nitrogens with zero attached hydrogens (tertiary/aromatic N) is 2. The van der Waals surface area contributed by atoms with Crippen LogP contribution in [0.15, 0.2) is 30.3 Å². The van der Waals surface area contributed by atoms with Crippen molar-refractivity contribution in [2.45, 2.75) is 50.0 Å². The third-order valence-electron chi connectivity index (χ3n) is 5.18. The molecule has 1 N–H and O–H groups in total. The van der Waals surface area contributed by atoms with Gasteiger partial charge in [0.15, 0.2) is 0 Å². The molecule has 2 aliphatic rings. The molecule has 1 aromatic carbocycles. The number of hydrogen-bond donors (Lipinski definition) is 1. The molecule has 0 saturated heterocycles. The van der Waals surface area contributed by atoms with Crippen LogP contribution in [0.25, 0.3) is 5.69 Å². The maximum atomic E-state index is 12.5. The van der Waals surface area contributed by atoms with E-state index in [0.717, 1.165) is 23.4 Å². The normalized spacial score (nSPS) is 19.9. The van der Waals surface area contributed by atoms with E-state index >= 15 is 0 Å². The minimum Gasteiger partial charge on any atom is -0.310 e. The van der Waals surface area contributed by atoms with Gasteiger partial charge in [0.25, 0.3) is 0 Å². The molecule has 132 valence electrons. The number of para-hydroxylation sites is 1. The van der Waals surface area contributed by atoms with E-state index in [-0.39, 0.29) is 5.91 Å². The van der Waals surface area contributed by atoms with E-state index < -0.39 is 10.8 Å². The molecule has 1 aliphatic heterocycles. The Hall–Kier alpha value is -1.95. The summed E-state index contributed by atoms with van der Waals surface area (Å²) >= 11 is 0. The molecule has 1 atom stereocenters. The van der Waals surface area contributed by atoms with Crippen molar-refractivity contribution in [2.24, 2.45) is 5.92 Å². The highest BCUT2D eigenvalue weighted by molar-refractivity contribution is 7.83. The van der Waals surface area contributed by atoms with Gasteiger partial charge in [0.2, 0.25) is 5.91 Å². The number of anilines is 1. The summed E-state index contributed by atoms with van der Waals surface area (Å²) in [6.07, 6.45) is 6.61. The predicted molar refractivity (Wildman–Crippen MR) is 98.9 cm³/mol. The van der Waals surface area contributed by atoms with Gasteiger partial charge >= 0.3 is 0 Å². The minimum absolute atomic E-state index is 0.0319. The van der Waals surface area contributed by atoms with E-state index in [9.17, 15) is 9.00 Å². The van der Waals surface area contributed by atoms with Gasteiger partial charge in [-0.15, -0.1) is 0 Å². The van der Waals surface area contributed by atoms with Crippen molar-refractivity contribution >= 4 is 22.5 Å². The molecule has 1 saturated carbocycles. The van der Waals surface area contributed by atoms with Gasteiger partial charge < -0.3 is 5.32 Å². The fourth-order valence-electron chi connectivity index (χ4n) is 3.84. The van der Waals surface area contributed by atoms with Crippen LogP contribution in [0.5, 0.6) is 0 Å². The molecule has 0 radical (unpaired) electrons. The fraction of sp³-hybridized carbons (Fsp3) is 0.474. The Morgan fingerprint density at radius 1 is 1.20 bits per heavy atom. The molecule has 2 aromatic rings. The van der Waals surface area contributed by atoms with Crippen molar-refractivity contribution < 1.29 is 9.00 Å². The molecule has 1 amide bonds. The molecule has 1 aliphatic carbocycles. The lowest BCUT2D eigenvalue weighted by Crippen LogP contribution is -2.17. The standard InChI is InChI=1S/C19H23N3O2S/c23-18(11-10-14-6-4-5-7-14)20-19-16-12-25(24)13-17(16)21-22(19)15-8-2-1-3-9-15/h1-3,8-9,14H,4-7,10-13H2,(H,20,23). The molecule has 1 aromatic heterocycles. The number of hydrogen-bond acceptors (Lipinski definition) is 3. The zero-order chi connectivity index (χ0) is 17.2. The Balaban J connectivity index is 1.55. The van der Waals surface area contributed by atoms with Gasteiger partial charge in [-0.25, -0.2) is 4.68 Å². The van der Waals surface area contributed by atoms with Crippen LogP contribution >= 0.6 is 0 Å². The highest BCUT2D eigenvalue weighted by Gasteiger charge is 2.28. The van der Waals surface area contributed by atoms with Gasteiger partial charge in [0.05, 0.1) is 22.9 Å². The fourth-order valence-corrected chi connectivity index (χ4v) is 5.11. The number of fused-ring (bicyclic) bond motifs is 1. The maximum absolute atomic E-state index is 12.5. The van der Waals surface area contributed by atoms with Crippen molar-refractivity contribution in [3.05, 3.63) is 41.6 Å². The number of carbonyl (C=O) groups excluding carboxylic acids is 1. The summed E-state index contributed by atoms with van der Waals surface area (Å²) in [5, 5.41) is 7.67. The lowest BCUT2D eigenvalue weighted by atomic mass is 10.0. The summed E-state index contributed by atoms with van der Waals surface area (Å²) in [5.41, 5.74) is 2.68. The van der Waals surface area contributed by atoms with Crippen molar-refractivity contribution in [2.75, 3.05) is 5.32 Å². The number of aromatic nitrogens is 2. The van der Waals surface area contributed by atoms with Crippen LogP contribution in [0.1, 0.15) is 49.8 Å². The van der Waals surface area contributed by atoms with E-state index in [1.54, 1.807) is 4.68 Å². The molecule has 25 heavy (non-hydrogen) atoms. The smallest absolute Gasteiger partial charge is 0.225 e. The SMILES string of the molecule is O=C(CCC1CCCC1)Nc1c2c(nn1-c1ccccc1)CS(=O)C2. The lowest BCUT2D eigenvalue weighted by Gasteiger charge is -2.12. The van der Waals surface area contributed by atoms with Crippen molar-refractivity contribution in [1.29, 1.82) is 0 Å². The van der Waals surface area contributed by atoms with Crippen LogP contribution in [0, 0.1) is 5.92 Å². The highest BCUT2D eigenvalue weighted by Crippen LogP contribution is 2.32. The van der Waals surface area contributed by atoms with Crippen LogP contribution in [0.2, 0.25) is 0 Å². The van der Waals surface area contributed by atoms with Gasteiger partial charge in [-0.1, -0.05) is 43.9 Å². The summed E-state index contributed by atoms with van der Waals surface area (Å²) in [4.78, 5) is 12.5. The maximum Gasteiger partial charge on any atom is 0.225 e. The molecular formula is C19H23N3O2S. The Kier molecular flexibility index (Phi) is 4.70. The number of nitrogens with one attached hydrogen (secondary N) is 1. The lowest BCUT2D eigenvalue weighted by molar-refractivity contribution is -0.116. The minimum atomic E-state index is -0.911. The highest BCUT2D eigenvalue weighted by atomic mass is 32.2. The number of benzene rings is 1. The molecule has 1 fully saturated rings. The second-order valence-electron chi connectivity index (χ2n) is 6.99. The van der Waals surface area contributed by atoms with Gasteiger partial charge in [0.1, 0.15) is 5.82 Å². The molecule has 5 nitrogen and oxygen atoms in total. The summed E-state index contributed by atoms with van der Waals surface area (Å²) in [6.45, 7) is 0. The van der Waals surface area contributed by atoms with Crippen molar-refractivity contribution in [1.82, 2.24) is 9.78 Å². The summed E-state index contributed by atoms with van der Waals surface area (Å²) in [7, 11) is -0.911. The van der Waals surface area contributed by atoms with Gasteiger partial charge in [-0.2, -0.15) is 5.10 Å². The van der Waals surface area contributed by atoms with Crippen molar-refractivity contribution in [3.63, 3.8) is 0 Å². The Labute approximate surface area is 150 Å². The first-order valence-electron chi connectivity index (χ1n) is 9.02. The molecule has 0 spiro atoms. The van der Waals surface area contributed by atoms with Gasteiger partial charge in [-0.05, 0) is 24.5 Å². The summed E-state index contributed by atoms with van der Waals surface area (Å²) < 4.78 is 13.7. The monoisotopic (exact) mass is 357 g/mol.